The summed E-state index contributed by atoms with van der Waals surface area (Å²) >= 11 is 0. The maximum Gasteiger partial charge on any atom is 0.191 e. The van der Waals surface area contributed by atoms with Crippen molar-refractivity contribution in [1.29, 1.82) is 0 Å². The summed E-state index contributed by atoms with van der Waals surface area (Å²) in [6, 6.07) is 7.95. The lowest BCUT2D eigenvalue weighted by Crippen LogP contribution is -2.36. The zero-order valence-corrected chi connectivity index (χ0v) is 20.0. The molecule has 8 heteroatoms. The number of benzene rings is 1. The lowest BCUT2D eigenvalue weighted by Gasteiger charge is -2.14. The summed E-state index contributed by atoms with van der Waals surface area (Å²) in [5.41, 5.74) is 4.39. The van der Waals surface area contributed by atoms with E-state index in [9.17, 15) is 0 Å². The largest absolute Gasteiger partial charge is 0.489 e. The quantitative estimate of drug-likeness (QED) is 0.221. The molecule has 1 aromatic carbocycles. The fraction of sp³-hybridized carbons (Fsp3) is 0.429. The van der Waals surface area contributed by atoms with Crippen LogP contribution in [0.15, 0.2) is 41.9 Å². The second kappa shape index (κ2) is 13.2. The van der Waals surface area contributed by atoms with Gasteiger partial charge in [0.1, 0.15) is 12.4 Å². The number of nitrogens with one attached hydrogen (secondary N) is 2. The molecule has 1 heterocycles. The van der Waals surface area contributed by atoms with Gasteiger partial charge in [-0.15, -0.1) is 24.0 Å². The second-order valence-corrected chi connectivity index (χ2v) is 6.35. The fourth-order valence-electron chi connectivity index (χ4n) is 2.90. The van der Waals surface area contributed by atoms with Crippen LogP contribution in [-0.2, 0) is 24.4 Å². The van der Waals surface area contributed by atoms with E-state index in [0.717, 1.165) is 35.2 Å². The minimum absolute atomic E-state index is 0. The van der Waals surface area contributed by atoms with Crippen LogP contribution in [0.1, 0.15) is 22.5 Å². The molecule has 0 atom stereocenters. The zero-order valence-electron chi connectivity index (χ0n) is 17.7. The van der Waals surface area contributed by atoms with Crippen molar-refractivity contribution in [3.05, 3.63) is 59.4 Å². The van der Waals surface area contributed by atoms with E-state index in [2.05, 4.69) is 34.2 Å². The minimum atomic E-state index is 0. The molecule has 2 N–H and O–H groups in total. The van der Waals surface area contributed by atoms with Crippen molar-refractivity contribution in [1.82, 2.24) is 20.4 Å². The molecule has 29 heavy (non-hydrogen) atoms. The Morgan fingerprint density at radius 3 is 2.66 bits per heavy atom. The van der Waals surface area contributed by atoms with E-state index >= 15 is 0 Å². The predicted molar refractivity (Wildman–Crippen MR) is 128 cm³/mol. The molecule has 0 spiro atoms. The SMILES string of the molecule is C=CCOc1ccccc1CNC(=NC)NCc1c(C)nn(CCOC)c1C.I. The Balaban J connectivity index is 0.00000420. The van der Waals surface area contributed by atoms with Gasteiger partial charge in [-0.2, -0.15) is 5.10 Å². The van der Waals surface area contributed by atoms with Gasteiger partial charge in [0.15, 0.2) is 5.96 Å². The third-order valence-corrected chi connectivity index (χ3v) is 4.47. The summed E-state index contributed by atoms with van der Waals surface area (Å²) in [6.45, 7) is 10.9. The standard InChI is InChI=1S/C21H31N5O2.HI/c1-6-12-28-20-10-8-7-9-18(20)14-23-21(22-4)24-15-19-16(2)25-26(17(19)3)11-13-27-5;/h6-10H,1,11-15H2,2-5H3,(H2,22,23,24);1H. The van der Waals surface area contributed by atoms with Crippen LogP contribution in [0.3, 0.4) is 0 Å². The Labute approximate surface area is 190 Å². The van der Waals surface area contributed by atoms with Crippen LogP contribution in [0.2, 0.25) is 0 Å². The highest BCUT2D eigenvalue weighted by atomic mass is 127. The number of guanidine groups is 1. The molecule has 160 valence electrons. The monoisotopic (exact) mass is 513 g/mol. The number of aromatic nitrogens is 2. The van der Waals surface area contributed by atoms with Gasteiger partial charge >= 0.3 is 0 Å². The number of nitrogens with zero attached hydrogens (tertiary/aromatic N) is 3. The van der Waals surface area contributed by atoms with Crippen LogP contribution in [-0.4, -0.2) is 43.1 Å². The highest BCUT2D eigenvalue weighted by molar-refractivity contribution is 14.0. The van der Waals surface area contributed by atoms with E-state index in [1.165, 1.54) is 5.56 Å². The average Bonchev–Trinajstić information content (AvgIpc) is 2.98. The van der Waals surface area contributed by atoms with Crippen molar-refractivity contribution in [2.45, 2.75) is 33.5 Å². The van der Waals surface area contributed by atoms with Gasteiger partial charge < -0.3 is 20.1 Å². The number of para-hydroxylation sites is 1. The molecule has 0 saturated carbocycles. The van der Waals surface area contributed by atoms with Gasteiger partial charge in [0.05, 0.1) is 18.8 Å². The number of aryl methyl sites for hydroxylation is 1. The van der Waals surface area contributed by atoms with Gasteiger partial charge in [-0.1, -0.05) is 30.9 Å². The van der Waals surface area contributed by atoms with Crippen LogP contribution in [0, 0.1) is 13.8 Å². The summed E-state index contributed by atoms with van der Waals surface area (Å²) in [5.74, 6) is 1.57. The minimum Gasteiger partial charge on any atom is -0.489 e. The third kappa shape index (κ3) is 7.36. The van der Waals surface area contributed by atoms with Crippen LogP contribution in [0.4, 0.5) is 0 Å². The number of hydrogen-bond donors (Lipinski definition) is 2. The second-order valence-electron chi connectivity index (χ2n) is 6.35. The van der Waals surface area contributed by atoms with Crippen molar-refractivity contribution < 1.29 is 9.47 Å². The Hall–Kier alpha value is -2.07. The Bertz CT molecular complexity index is 804. The molecule has 0 aliphatic heterocycles. The molecule has 2 rings (SSSR count). The molecule has 0 unspecified atom stereocenters. The fourth-order valence-corrected chi connectivity index (χ4v) is 2.90. The number of hydrogen-bond acceptors (Lipinski definition) is 4. The summed E-state index contributed by atoms with van der Waals surface area (Å²) in [6.07, 6.45) is 1.74. The summed E-state index contributed by atoms with van der Waals surface area (Å²) in [4.78, 5) is 4.32. The first-order valence-corrected chi connectivity index (χ1v) is 9.38. The van der Waals surface area contributed by atoms with Crippen molar-refractivity contribution in [2.75, 3.05) is 27.4 Å². The van der Waals surface area contributed by atoms with Gasteiger partial charge in [0.2, 0.25) is 0 Å². The highest BCUT2D eigenvalue weighted by Gasteiger charge is 2.12. The van der Waals surface area contributed by atoms with Crippen molar-refractivity contribution in [3.63, 3.8) is 0 Å². The first-order valence-electron chi connectivity index (χ1n) is 9.38. The molecule has 0 amide bonds. The number of methoxy groups -OCH3 is 1. The zero-order chi connectivity index (χ0) is 20.4. The Morgan fingerprint density at radius 2 is 1.97 bits per heavy atom. The molecule has 0 aliphatic carbocycles. The molecule has 1 aromatic heterocycles. The molecular formula is C21H32IN5O2. The Kier molecular flexibility index (Phi) is 11.4. The van der Waals surface area contributed by atoms with E-state index in [4.69, 9.17) is 9.47 Å². The topological polar surface area (TPSA) is 72.7 Å². The average molecular weight is 513 g/mol. The smallest absolute Gasteiger partial charge is 0.191 e. The van der Waals surface area contributed by atoms with Gasteiger partial charge in [0.25, 0.3) is 0 Å². The number of aliphatic imine (C=N–C) groups is 1. The summed E-state index contributed by atoms with van der Waals surface area (Å²) < 4.78 is 12.8. The van der Waals surface area contributed by atoms with Crippen molar-refractivity contribution >= 4 is 29.9 Å². The molecule has 0 aliphatic rings. The van der Waals surface area contributed by atoms with Crippen LogP contribution >= 0.6 is 24.0 Å². The molecular weight excluding hydrogens is 481 g/mol. The van der Waals surface area contributed by atoms with E-state index in [0.29, 0.717) is 26.3 Å². The van der Waals surface area contributed by atoms with E-state index < -0.39 is 0 Å². The van der Waals surface area contributed by atoms with Gasteiger partial charge in [-0.25, -0.2) is 0 Å². The van der Waals surface area contributed by atoms with Gasteiger partial charge in [-0.05, 0) is 19.9 Å². The summed E-state index contributed by atoms with van der Waals surface area (Å²) in [5, 5.41) is 11.3. The molecule has 7 nitrogen and oxygen atoms in total. The lowest BCUT2D eigenvalue weighted by atomic mass is 10.2. The van der Waals surface area contributed by atoms with Gasteiger partial charge in [0, 0.05) is 44.1 Å². The van der Waals surface area contributed by atoms with E-state index in [1.807, 2.05) is 35.9 Å². The first-order chi connectivity index (χ1) is 13.6. The van der Waals surface area contributed by atoms with Crippen molar-refractivity contribution in [3.8, 4) is 5.75 Å². The molecule has 0 radical (unpaired) electrons. The number of rotatable bonds is 10. The normalized spacial score (nSPS) is 11.0. The van der Waals surface area contributed by atoms with Crippen LogP contribution in [0.25, 0.3) is 0 Å². The lowest BCUT2D eigenvalue weighted by molar-refractivity contribution is 0.182. The predicted octanol–water partition coefficient (Wildman–Crippen LogP) is 3.19. The van der Waals surface area contributed by atoms with E-state index in [-0.39, 0.29) is 24.0 Å². The molecule has 2 aromatic rings. The number of ether oxygens (including phenoxy) is 2. The maximum absolute atomic E-state index is 5.71. The summed E-state index contributed by atoms with van der Waals surface area (Å²) in [7, 11) is 3.46. The van der Waals surface area contributed by atoms with E-state index in [1.54, 1.807) is 20.2 Å². The highest BCUT2D eigenvalue weighted by Crippen LogP contribution is 2.17. The third-order valence-electron chi connectivity index (χ3n) is 4.47. The first kappa shape index (κ1) is 25.0. The molecule has 0 fully saturated rings. The number of halogens is 1. The molecule has 0 bridgehead atoms. The Morgan fingerprint density at radius 1 is 1.24 bits per heavy atom. The van der Waals surface area contributed by atoms with Crippen LogP contribution in [0.5, 0.6) is 5.75 Å². The van der Waals surface area contributed by atoms with Crippen LogP contribution < -0.4 is 15.4 Å². The maximum atomic E-state index is 5.71. The molecule has 0 saturated heterocycles. The van der Waals surface area contributed by atoms with Crippen molar-refractivity contribution in [2.24, 2.45) is 4.99 Å². The van der Waals surface area contributed by atoms with Gasteiger partial charge in [-0.3, -0.25) is 9.67 Å².